The molecule has 0 saturated carbocycles. The summed E-state index contributed by atoms with van der Waals surface area (Å²) in [5.74, 6) is 2.73. The van der Waals surface area contributed by atoms with Gasteiger partial charge in [-0.15, -0.1) is 0 Å². The molecule has 5 nitrogen and oxygen atoms in total. The first kappa shape index (κ1) is 14.6. The molecule has 3 rings (SSSR count). The molecule has 1 aliphatic carbocycles. The van der Waals surface area contributed by atoms with Gasteiger partial charge in [0.2, 0.25) is 5.95 Å². The van der Waals surface area contributed by atoms with Crippen molar-refractivity contribution in [2.75, 3.05) is 36.9 Å². The summed E-state index contributed by atoms with van der Waals surface area (Å²) in [7, 11) is 2.02. The van der Waals surface area contributed by atoms with Crippen molar-refractivity contribution in [2.24, 2.45) is 5.92 Å². The van der Waals surface area contributed by atoms with Gasteiger partial charge in [-0.05, 0) is 38.6 Å². The summed E-state index contributed by atoms with van der Waals surface area (Å²) in [5.41, 5.74) is 2.63. The van der Waals surface area contributed by atoms with Crippen molar-refractivity contribution in [1.82, 2.24) is 15.3 Å². The molecule has 1 aliphatic heterocycles. The zero-order valence-corrected chi connectivity index (χ0v) is 13.4. The van der Waals surface area contributed by atoms with Crippen LogP contribution in [0, 0.1) is 5.92 Å². The average Bonchev–Trinajstić information content (AvgIpc) is 2.43. The molecule has 0 radical (unpaired) electrons. The highest BCUT2D eigenvalue weighted by Gasteiger charge is 2.29. The number of likely N-dealkylation sites (N-methyl/N-ethyl adjacent to an activating group) is 1. The standard InChI is InChI=1S/C16H27N5/c1-4-7-18-15-13-6-5-11(2)8-14(13)19-16(20-15)21-9-12(10-21)17-3/h11-12,17H,4-10H2,1-3H3,(H,18,19,20)/t11-/m1/s1. The van der Waals surface area contributed by atoms with Gasteiger partial charge in [-0.3, -0.25) is 0 Å². The summed E-state index contributed by atoms with van der Waals surface area (Å²) in [6.07, 6.45) is 4.58. The molecule has 0 unspecified atom stereocenters. The van der Waals surface area contributed by atoms with E-state index in [0.29, 0.717) is 6.04 Å². The number of nitrogens with one attached hydrogen (secondary N) is 2. The third-order valence-electron chi connectivity index (χ3n) is 4.62. The predicted octanol–water partition coefficient (Wildman–Crippen LogP) is 1.83. The Morgan fingerprint density at radius 1 is 1.29 bits per heavy atom. The second kappa shape index (κ2) is 6.18. The second-order valence-electron chi connectivity index (χ2n) is 6.46. The highest BCUT2D eigenvalue weighted by atomic mass is 15.3. The number of rotatable bonds is 5. The van der Waals surface area contributed by atoms with Crippen LogP contribution in [0.3, 0.4) is 0 Å². The largest absolute Gasteiger partial charge is 0.370 e. The lowest BCUT2D eigenvalue weighted by Crippen LogP contribution is -2.57. The van der Waals surface area contributed by atoms with E-state index in [0.717, 1.165) is 56.6 Å². The van der Waals surface area contributed by atoms with Crippen molar-refractivity contribution in [3.8, 4) is 0 Å². The highest BCUT2D eigenvalue weighted by molar-refractivity contribution is 5.53. The van der Waals surface area contributed by atoms with Crippen LogP contribution >= 0.6 is 0 Å². The molecule has 2 heterocycles. The Hall–Kier alpha value is -1.36. The number of anilines is 2. The van der Waals surface area contributed by atoms with Gasteiger partial charge in [0.1, 0.15) is 5.82 Å². The Morgan fingerprint density at radius 3 is 2.81 bits per heavy atom. The van der Waals surface area contributed by atoms with E-state index in [1.165, 1.54) is 17.7 Å². The number of aromatic nitrogens is 2. The third kappa shape index (κ3) is 2.98. The van der Waals surface area contributed by atoms with Gasteiger partial charge in [0, 0.05) is 31.2 Å². The first-order valence-corrected chi connectivity index (χ1v) is 8.27. The molecule has 2 N–H and O–H groups in total. The third-order valence-corrected chi connectivity index (χ3v) is 4.62. The van der Waals surface area contributed by atoms with Crippen LogP contribution in [0.2, 0.25) is 0 Å². The SMILES string of the molecule is CCCNc1nc(N2CC(NC)C2)nc2c1CC[C@@H](C)C2. The average molecular weight is 289 g/mol. The maximum Gasteiger partial charge on any atom is 0.227 e. The van der Waals surface area contributed by atoms with Crippen molar-refractivity contribution >= 4 is 11.8 Å². The maximum atomic E-state index is 4.87. The van der Waals surface area contributed by atoms with E-state index in [2.05, 4.69) is 29.4 Å². The van der Waals surface area contributed by atoms with Gasteiger partial charge in [-0.1, -0.05) is 13.8 Å². The van der Waals surface area contributed by atoms with E-state index in [4.69, 9.17) is 9.97 Å². The van der Waals surface area contributed by atoms with Gasteiger partial charge < -0.3 is 15.5 Å². The minimum atomic E-state index is 0.579. The minimum Gasteiger partial charge on any atom is -0.370 e. The molecular formula is C16H27N5. The zero-order valence-electron chi connectivity index (χ0n) is 13.4. The van der Waals surface area contributed by atoms with Crippen LogP contribution in [0.25, 0.3) is 0 Å². The van der Waals surface area contributed by atoms with Gasteiger partial charge in [-0.2, -0.15) is 4.98 Å². The molecule has 116 valence electrons. The van der Waals surface area contributed by atoms with Gasteiger partial charge in [0.15, 0.2) is 0 Å². The van der Waals surface area contributed by atoms with Crippen LogP contribution < -0.4 is 15.5 Å². The van der Waals surface area contributed by atoms with Gasteiger partial charge in [0.25, 0.3) is 0 Å². The van der Waals surface area contributed by atoms with E-state index in [-0.39, 0.29) is 0 Å². The lowest BCUT2D eigenvalue weighted by molar-refractivity contribution is 0.439. The van der Waals surface area contributed by atoms with E-state index >= 15 is 0 Å². The van der Waals surface area contributed by atoms with Crippen LogP contribution in [0.4, 0.5) is 11.8 Å². The summed E-state index contributed by atoms with van der Waals surface area (Å²) in [4.78, 5) is 12.0. The lowest BCUT2D eigenvalue weighted by Gasteiger charge is -2.39. The molecule has 0 bridgehead atoms. The fraction of sp³-hybridized carbons (Fsp3) is 0.750. The first-order chi connectivity index (χ1) is 10.2. The van der Waals surface area contributed by atoms with Gasteiger partial charge >= 0.3 is 0 Å². The molecular weight excluding hydrogens is 262 g/mol. The van der Waals surface area contributed by atoms with Crippen LogP contribution in [0.15, 0.2) is 0 Å². The Kier molecular flexibility index (Phi) is 4.29. The molecule has 0 spiro atoms. The molecule has 5 heteroatoms. The number of hydrogen-bond acceptors (Lipinski definition) is 5. The molecule has 1 aromatic rings. The molecule has 0 amide bonds. The lowest BCUT2D eigenvalue weighted by atomic mass is 9.88. The number of nitrogens with zero attached hydrogens (tertiary/aromatic N) is 3. The maximum absolute atomic E-state index is 4.87. The molecule has 1 atom stereocenters. The fourth-order valence-corrected chi connectivity index (χ4v) is 3.13. The molecule has 0 aromatic carbocycles. The molecule has 1 aromatic heterocycles. The van der Waals surface area contributed by atoms with E-state index in [1.807, 2.05) is 7.05 Å². The summed E-state index contributed by atoms with van der Waals surface area (Å²) < 4.78 is 0. The Bertz CT molecular complexity index is 496. The van der Waals surface area contributed by atoms with E-state index in [1.54, 1.807) is 0 Å². The summed E-state index contributed by atoms with van der Waals surface area (Å²) in [6, 6.07) is 0.579. The minimum absolute atomic E-state index is 0.579. The zero-order chi connectivity index (χ0) is 14.8. The monoisotopic (exact) mass is 289 g/mol. The number of fused-ring (bicyclic) bond motifs is 1. The second-order valence-corrected chi connectivity index (χ2v) is 6.46. The topological polar surface area (TPSA) is 53.1 Å². The molecule has 1 fully saturated rings. The van der Waals surface area contributed by atoms with Crippen molar-refractivity contribution in [3.63, 3.8) is 0 Å². The highest BCUT2D eigenvalue weighted by Crippen LogP contribution is 2.31. The summed E-state index contributed by atoms with van der Waals surface area (Å²) in [6.45, 7) is 7.52. The van der Waals surface area contributed by atoms with Gasteiger partial charge in [0.05, 0.1) is 5.69 Å². The van der Waals surface area contributed by atoms with Crippen LogP contribution in [0.5, 0.6) is 0 Å². The van der Waals surface area contributed by atoms with Crippen molar-refractivity contribution in [2.45, 2.75) is 45.6 Å². The number of hydrogen-bond donors (Lipinski definition) is 2. The Labute approximate surface area is 127 Å². The molecule has 21 heavy (non-hydrogen) atoms. The van der Waals surface area contributed by atoms with E-state index < -0.39 is 0 Å². The van der Waals surface area contributed by atoms with Crippen molar-refractivity contribution < 1.29 is 0 Å². The quantitative estimate of drug-likeness (QED) is 0.866. The Morgan fingerprint density at radius 2 is 2.10 bits per heavy atom. The predicted molar refractivity (Wildman–Crippen MR) is 87.1 cm³/mol. The summed E-state index contributed by atoms with van der Waals surface area (Å²) in [5, 5.41) is 6.82. The van der Waals surface area contributed by atoms with Crippen LogP contribution in [-0.4, -0.2) is 42.7 Å². The fourth-order valence-electron chi connectivity index (χ4n) is 3.13. The van der Waals surface area contributed by atoms with Crippen molar-refractivity contribution in [3.05, 3.63) is 11.3 Å². The molecule has 1 saturated heterocycles. The van der Waals surface area contributed by atoms with Crippen molar-refractivity contribution in [1.29, 1.82) is 0 Å². The smallest absolute Gasteiger partial charge is 0.227 e. The summed E-state index contributed by atoms with van der Waals surface area (Å²) >= 11 is 0. The Balaban J connectivity index is 1.85. The normalized spacial score (nSPS) is 21.9. The first-order valence-electron chi connectivity index (χ1n) is 8.27. The van der Waals surface area contributed by atoms with E-state index in [9.17, 15) is 0 Å². The van der Waals surface area contributed by atoms with Gasteiger partial charge in [-0.25, -0.2) is 4.98 Å². The van der Waals surface area contributed by atoms with Crippen LogP contribution in [0.1, 0.15) is 37.9 Å². The van der Waals surface area contributed by atoms with Crippen LogP contribution in [-0.2, 0) is 12.8 Å². The molecule has 2 aliphatic rings.